The van der Waals surface area contributed by atoms with Gasteiger partial charge in [0, 0.05) is 30.1 Å². The van der Waals surface area contributed by atoms with E-state index in [9.17, 15) is 9.59 Å². The van der Waals surface area contributed by atoms with Gasteiger partial charge < -0.3 is 11.1 Å². The molecule has 1 aromatic heterocycles. The summed E-state index contributed by atoms with van der Waals surface area (Å²) in [5, 5.41) is 5.69. The van der Waals surface area contributed by atoms with E-state index in [0.717, 1.165) is 36.5 Å². The van der Waals surface area contributed by atoms with Crippen molar-refractivity contribution in [2.75, 3.05) is 19.6 Å². The topological polar surface area (TPSA) is 88.3 Å². The van der Waals surface area contributed by atoms with E-state index >= 15 is 0 Å². The molecule has 2 aromatic rings. The molecule has 1 aromatic carbocycles. The Morgan fingerprint density at radius 1 is 1.28 bits per heavy atom. The number of carbonyl (C=O) groups is 2. The molecule has 1 aliphatic heterocycles. The summed E-state index contributed by atoms with van der Waals surface area (Å²) in [4.78, 5) is 29.9. The van der Waals surface area contributed by atoms with Gasteiger partial charge in [-0.15, -0.1) is 11.3 Å². The highest BCUT2D eigenvalue weighted by atomic mass is 32.1. The number of hydrogen-bond donors (Lipinski definition) is 2. The zero-order valence-electron chi connectivity index (χ0n) is 14.2. The lowest BCUT2D eigenvalue weighted by Crippen LogP contribution is -2.46. The lowest BCUT2D eigenvalue weighted by atomic mass is 10.0. The number of nitrogens with two attached hydrogens (primary N) is 1. The summed E-state index contributed by atoms with van der Waals surface area (Å²) in [5.74, 6) is -0.448. The van der Waals surface area contributed by atoms with Crippen LogP contribution in [0.1, 0.15) is 28.9 Å². The molecule has 0 spiro atoms. The van der Waals surface area contributed by atoms with Gasteiger partial charge in [-0.2, -0.15) is 0 Å². The molecular weight excluding hydrogens is 336 g/mol. The first-order chi connectivity index (χ1) is 12.0. The molecule has 0 bridgehead atoms. The van der Waals surface area contributed by atoms with Crippen molar-refractivity contribution in [1.29, 1.82) is 0 Å². The minimum atomic E-state index is -0.311. The Hall–Kier alpha value is -2.25. The van der Waals surface area contributed by atoms with Crippen LogP contribution in [0, 0.1) is 6.92 Å². The zero-order chi connectivity index (χ0) is 17.8. The van der Waals surface area contributed by atoms with E-state index in [4.69, 9.17) is 5.73 Å². The summed E-state index contributed by atoms with van der Waals surface area (Å²) in [6, 6.07) is 8.22. The number of aromatic nitrogens is 1. The van der Waals surface area contributed by atoms with Crippen molar-refractivity contribution in [3.63, 3.8) is 0 Å². The molecule has 1 aliphatic rings. The molecule has 6 nitrogen and oxygen atoms in total. The Balaban J connectivity index is 1.56. The fourth-order valence-electron chi connectivity index (χ4n) is 2.92. The molecule has 3 N–H and O–H groups in total. The lowest BCUT2D eigenvalue weighted by molar-refractivity contribution is -0.119. The smallest absolute Gasteiger partial charge is 0.270 e. The van der Waals surface area contributed by atoms with E-state index in [0.29, 0.717) is 5.69 Å². The molecule has 7 heteroatoms. The molecule has 0 atom stereocenters. The van der Waals surface area contributed by atoms with Crippen LogP contribution in [0.2, 0.25) is 0 Å². The summed E-state index contributed by atoms with van der Waals surface area (Å²) >= 11 is 1.47. The van der Waals surface area contributed by atoms with Gasteiger partial charge in [0.25, 0.3) is 5.91 Å². The van der Waals surface area contributed by atoms with Crippen LogP contribution in [0.15, 0.2) is 29.6 Å². The van der Waals surface area contributed by atoms with Gasteiger partial charge in [-0.1, -0.05) is 29.8 Å². The summed E-state index contributed by atoms with van der Waals surface area (Å²) < 4.78 is 0. The fourth-order valence-corrected chi connectivity index (χ4v) is 3.73. The molecule has 0 aliphatic carbocycles. The highest BCUT2D eigenvalue weighted by Crippen LogP contribution is 2.24. The van der Waals surface area contributed by atoms with Crippen LogP contribution in [-0.2, 0) is 4.79 Å². The van der Waals surface area contributed by atoms with Crippen LogP contribution in [0.25, 0.3) is 10.6 Å². The Bertz CT molecular complexity index is 749. The van der Waals surface area contributed by atoms with Crippen molar-refractivity contribution < 1.29 is 9.59 Å². The summed E-state index contributed by atoms with van der Waals surface area (Å²) in [6.45, 7) is 3.85. The molecule has 2 amide bonds. The van der Waals surface area contributed by atoms with Crippen molar-refractivity contribution in [1.82, 2.24) is 15.2 Å². The monoisotopic (exact) mass is 358 g/mol. The third-order valence-electron chi connectivity index (χ3n) is 4.34. The van der Waals surface area contributed by atoms with E-state index in [1.807, 2.05) is 36.1 Å². The van der Waals surface area contributed by atoms with Crippen LogP contribution in [0.4, 0.5) is 0 Å². The van der Waals surface area contributed by atoms with Crippen LogP contribution >= 0.6 is 11.3 Å². The average Bonchev–Trinajstić information content (AvgIpc) is 3.07. The number of aryl methyl sites for hydroxylation is 1. The van der Waals surface area contributed by atoms with Crippen molar-refractivity contribution in [2.24, 2.45) is 5.73 Å². The summed E-state index contributed by atoms with van der Waals surface area (Å²) in [5.41, 5.74) is 7.89. The van der Waals surface area contributed by atoms with Gasteiger partial charge in [-0.05, 0) is 19.8 Å². The van der Waals surface area contributed by atoms with E-state index in [1.54, 1.807) is 5.38 Å². The number of amides is 2. The molecule has 1 fully saturated rings. The highest BCUT2D eigenvalue weighted by molar-refractivity contribution is 7.13. The van der Waals surface area contributed by atoms with Gasteiger partial charge in [-0.25, -0.2) is 4.98 Å². The third-order valence-corrected chi connectivity index (χ3v) is 5.23. The highest BCUT2D eigenvalue weighted by Gasteiger charge is 2.22. The molecule has 132 valence electrons. The Kier molecular flexibility index (Phi) is 5.45. The standard InChI is InChI=1S/C18H22N4O2S/c1-12-2-4-13(5-3-12)18-21-15(11-25-18)17(24)20-14-6-8-22(9-7-14)10-16(19)23/h2-5,11,14H,6-10H2,1H3,(H2,19,23)(H,20,24). The second kappa shape index (κ2) is 7.76. The molecule has 0 saturated carbocycles. The molecule has 2 heterocycles. The van der Waals surface area contributed by atoms with E-state index in [1.165, 1.54) is 16.9 Å². The minimum Gasteiger partial charge on any atom is -0.369 e. The van der Waals surface area contributed by atoms with E-state index < -0.39 is 0 Å². The van der Waals surface area contributed by atoms with Gasteiger partial charge in [0.15, 0.2) is 0 Å². The SMILES string of the molecule is Cc1ccc(-c2nc(C(=O)NC3CCN(CC(N)=O)CC3)cs2)cc1. The molecule has 25 heavy (non-hydrogen) atoms. The maximum Gasteiger partial charge on any atom is 0.270 e. The zero-order valence-corrected chi connectivity index (χ0v) is 15.0. The Labute approximate surface area is 151 Å². The largest absolute Gasteiger partial charge is 0.369 e. The van der Waals surface area contributed by atoms with Crippen molar-refractivity contribution in [2.45, 2.75) is 25.8 Å². The molecule has 0 unspecified atom stereocenters. The number of carbonyl (C=O) groups excluding carboxylic acids is 2. The summed E-state index contributed by atoms with van der Waals surface area (Å²) in [7, 11) is 0. The molecule has 0 radical (unpaired) electrons. The van der Waals surface area contributed by atoms with Gasteiger partial charge in [0.2, 0.25) is 5.91 Å². The van der Waals surface area contributed by atoms with Crippen molar-refractivity contribution >= 4 is 23.2 Å². The van der Waals surface area contributed by atoms with Crippen molar-refractivity contribution in [3.05, 3.63) is 40.9 Å². The number of primary amides is 1. The van der Waals surface area contributed by atoms with Crippen LogP contribution in [0.3, 0.4) is 0 Å². The number of nitrogens with one attached hydrogen (secondary N) is 1. The first-order valence-electron chi connectivity index (χ1n) is 8.35. The number of piperidine rings is 1. The number of rotatable bonds is 5. The fraction of sp³-hybridized carbons (Fsp3) is 0.389. The van der Waals surface area contributed by atoms with Crippen LogP contribution in [-0.4, -0.2) is 47.4 Å². The summed E-state index contributed by atoms with van der Waals surface area (Å²) in [6.07, 6.45) is 1.63. The van der Waals surface area contributed by atoms with Gasteiger partial charge >= 0.3 is 0 Å². The van der Waals surface area contributed by atoms with Crippen LogP contribution in [0.5, 0.6) is 0 Å². The van der Waals surface area contributed by atoms with Gasteiger partial charge in [-0.3, -0.25) is 14.5 Å². The quantitative estimate of drug-likeness (QED) is 0.853. The van der Waals surface area contributed by atoms with Gasteiger partial charge in [0.1, 0.15) is 10.7 Å². The Morgan fingerprint density at radius 3 is 2.60 bits per heavy atom. The molecule has 1 saturated heterocycles. The maximum absolute atomic E-state index is 12.4. The number of hydrogen-bond acceptors (Lipinski definition) is 5. The van der Waals surface area contributed by atoms with Crippen LogP contribution < -0.4 is 11.1 Å². The number of thiazole rings is 1. The second-order valence-electron chi connectivity index (χ2n) is 6.39. The first-order valence-corrected chi connectivity index (χ1v) is 9.23. The van der Waals surface area contributed by atoms with E-state index in [-0.39, 0.29) is 24.4 Å². The normalized spacial score (nSPS) is 15.9. The lowest BCUT2D eigenvalue weighted by Gasteiger charge is -2.31. The minimum absolute atomic E-state index is 0.112. The number of benzene rings is 1. The second-order valence-corrected chi connectivity index (χ2v) is 7.25. The molecule has 3 rings (SSSR count). The predicted molar refractivity (Wildman–Crippen MR) is 98.4 cm³/mol. The predicted octanol–water partition coefficient (Wildman–Crippen LogP) is 1.80. The third kappa shape index (κ3) is 4.64. The first kappa shape index (κ1) is 17.6. The number of likely N-dealkylation sites (tertiary alicyclic amines) is 1. The molecular formula is C18H22N4O2S. The number of nitrogens with zero attached hydrogens (tertiary/aromatic N) is 2. The average molecular weight is 358 g/mol. The van der Waals surface area contributed by atoms with Gasteiger partial charge in [0.05, 0.1) is 6.54 Å². The van der Waals surface area contributed by atoms with E-state index in [2.05, 4.69) is 10.3 Å². The Morgan fingerprint density at radius 2 is 1.96 bits per heavy atom. The van der Waals surface area contributed by atoms with Crippen molar-refractivity contribution in [3.8, 4) is 10.6 Å². The maximum atomic E-state index is 12.4.